The lowest BCUT2D eigenvalue weighted by molar-refractivity contribution is -0.153. The number of hydrogen-bond acceptors (Lipinski definition) is 3. The fourth-order valence-corrected chi connectivity index (χ4v) is 1.58. The molecule has 13 heavy (non-hydrogen) atoms. The van der Waals surface area contributed by atoms with Crippen molar-refractivity contribution in [3.63, 3.8) is 0 Å². The third-order valence-corrected chi connectivity index (χ3v) is 2.49. The number of aliphatic hydroxyl groups is 1. The topological polar surface area (TPSA) is 49.8 Å². The van der Waals surface area contributed by atoms with Gasteiger partial charge in [-0.25, -0.2) is 0 Å². The minimum absolute atomic E-state index is 0.0142. The lowest BCUT2D eigenvalue weighted by atomic mass is 10.1. The van der Waals surface area contributed by atoms with E-state index < -0.39 is 0 Å². The van der Waals surface area contributed by atoms with E-state index in [1.807, 2.05) is 13.8 Å². The number of carbonyl (C=O) groups is 1. The lowest BCUT2D eigenvalue weighted by Crippen LogP contribution is -2.54. The SMILES string of the molecule is CCC(C)N1C(=O)COCC1CO. The maximum atomic E-state index is 11.5. The van der Waals surface area contributed by atoms with Crippen molar-refractivity contribution in [3.05, 3.63) is 0 Å². The number of aliphatic hydroxyl groups excluding tert-OH is 1. The summed E-state index contributed by atoms with van der Waals surface area (Å²) in [6.07, 6.45) is 0.905. The Morgan fingerprint density at radius 3 is 3.00 bits per heavy atom. The first kappa shape index (κ1) is 10.5. The number of hydrogen-bond donors (Lipinski definition) is 1. The monoisotopic (exact) mass is 187 g/mol. The molecule has 0 spiro atoms. The molecule has 1 rings (SSSR count). The van der Waals surface area contributed by atoms with Crippen molar-refractivity contribution in [1.82, 2.24) is 4.90 Å². The summed E-state index contributed by atoms with van der Waals surface area (Å²) >= 11 is 0. The van der Waals surface area contributed by atoms with Gasteiger partial charge >= 0.3 is 0 Å². The molecule has 1 fully saturated rings. The Labute approximate surface area is 78.5 Å². The van der Waals surface area contributed by atoms with Gasteiger partial charge in [-0.05, 0) is 13.3 Å². The Hall–Kier alpha value is -0.610. The van der Waals surface area contributed by atoms with Crippen LogP contribution in [-0.4, -0.2) is 47.8 Å². The van der Waals surface area contributed by atoms with Gasteiger partial charge in [0.15, 0.2) is 0 Å². The Morgan fingerprint density at radius 1 is 1.77 bits per heavy atom. The number of morpholine rings is 1. The standard InChI is InChI=1S/C9H17NO3/c1-3-7(2)10-8(4-11)5-13-6-9(10)12/h7-8,11H,3-6H2,1-2H3. The Balaban J connectivity index is 2.67. The van der Waals surface area contributed by atoms with Gasteiger partial charge in [-0.1, -0.05) is 6.92 Å². The van der Waals surface area contributed by atoms with E-state index >= 15 is 0 Å². The van der Waals surface area contributed by atoms with E-state index in [0.29, 0.717) is 6.61 Å². The summed E-state index contributed by atoms with van der Waals surface area (Å²) in [4.78, 5) is 13.2. The maximum Gasteiger partial charge on any atom is 0.249 e. The molecule has 2 atom stereocenters. The number of amides is 1. The molecule has 4 nitrogen and oxygen atoms in total. The van der Waals surface area contributed by atoms with E-state index in [-0.39, 0.29) is 31.2 Å². The predicted molar refractivity (Wildman–Crippen MR) is 48.3 cm³/mol. The minimum atomic E-state index is -0.156. The second-order valence-corrected chi connectivity index (χ2v) is 3.41. The molecule has 1 saturated heterocycles. The van der Waals surface area contributed by atoms with Crippen molar-refractivity contribution >= 4 is 5.91 Å². The molecule has 1 aliphatic rings. The van der Waals surface area contributed by atoms with E-state index in [1.54, 1.807) is 4.90 Å². The van der Waals surface area contributed by atoms with Crippen LogP contribution in [0.4, 0.5) is 0 Å². The number of rotatable bonds is 3. The molecule has 0 aromatic heterocycles. The molecule has 1 N–H and O–H groups in total. The van der Waals surface area contributed by atoms with Gasteiger partial charge in [0.05, 0.1) is 19.3 Å². The summed E-state index contributed by atoms with van der Waals surface area (Å²) in [7, 11) is 0. The van der Waals surface area contributed by atoms with Crippen LogP contribution in [0.5, 0.6) is 0 Å². The van der Waals surface area contributed by atoms with Crippen LogP contribution in [0, 0.1) is 0 Å². The van der Waals surface area contributed by atoms with E-state index in [9.17, 15) is 4.79 Å². The molecule has 1 amide bonds. The van der Waals surface area contributed by atoms with Gasteiger partial charge in [0.1, 0.15) is 6.61 Å². The van der Waals surface area contributed by atoms with Crippen molar-refractivity contribution in [1.29, 1.82) is 0 Å². The van der Waals surface area contributed by atoms with Gasteiger partial charge in [-0.2, -0.15) is 0 Å². The van der Waals surface area contributed by atoms with Crippen LogP contribution in [0.2, 0.25) is 0 Å². The number of ether oxygens (including phenoxy) is 1. The number of nitrogens with zero attached hydrogens (tertiary/aromatic N) is 1. The number of carbonyl (C=O) groups excluding carboxylic acids is 1. The third-order valence-electron chi connectivity index (χ3n) is 2.49. The van der Waals surface area contributed by atoms with Gasteiger partial charge in [0, 0.05) is 6.04 Å². The van der Waals surface area contributed by atoms with E-state index in [1.165, 1.54) is 0 Å². The summed E-state index contributed by atoms with van der Waals surface area (Å²) in [5.41, 5.74) is 0. The molecule has 2 unspecified atom stereocenters. The summed E-state index contributed by atoms with van der Waals surface area (Å²) < 4.78 is 5.06. The fraction of sp³-hybridized carbons (Fsp3) is 0.889. The van der Waals surface area contributed by atoms with Crippen LogP contribution < -0.4 is 0 Å². The second kappa shape index (κ2) is 4.58. The minimum Gasteiger partial charge on any atom is -0.394 e. The van der Waals surface area contributed by atoms with Crippen LogP contribution in [0.15, 0.2) is 0 Å². The Morgan fingerprint density at radius 2 is 2.46 bits per heavy atom. The molecule has 0 aliphatic carbocycles. The van der Waals surface area contributed by atoms with Crippen molar-refractivity contribution in [2.45, 2.75) is 32.4 Å². The average Bonchev–Trinajstić information content (AvgIpc) is 2.16. The third kappa shape index (κ3) is 2.19. The molecule has 0 saturated carbocycles. The van der Waals surface area contributed by atoms with Gasteiger partial charge < -0.3 is 14.7 Å². The maximum absolute atomic E-state index is 11.5. The molecular formula is C9H17NO3. The zero-order valence-electron chi connectivity index (χ0n) is 8.19. The second-order valence-electron chi connectivity index (χ2n) is 3.41. The highest BCUT2D eigenvalue weighted by atomic mass is 16.5. The van der Waals surface area contributed by atoms with Crippen molar-refractivity contribution in [2.24, 2.45) is 0 Å². The van der Waals surface area contributed by atoms with Gasteiger partial charge in [-0.15, -0.1) is 0 Å². The first-order valence-electron chi connectivity index (χ1n) is 4.70. The first-order valence-corrected chi connectivity index (χ1v) is 4.70. The summed E-state index contributed by atoms with van der Waals surface area (Å²) in [5, 5.41) is 9.05. The van der Waals surface area contributed by atoms with Crippen LogP contribution in [0.3, 0.4) is 0 Å². The highest BCUT2D eigenvalue weighted by molar-refractivity contribution is 5.78. The van der Waals surface area contributed by atoms with E-state index in [2.05, 4.69) is 0 Å². The average molecular weight is 187 g/mol. The van der Waals surface area contributed by atoms with E-state index in [0.717, 1.165) is 6.42 Å². The summed E-state index contributed by atoms with van der Waals surface area (Å²) in [6, 6.07) is 0.0322. The van der Waals surface area contributed by atoms with Crippen molar-refractivity contribution in [2.75, 3.05) is 19.8 Å². The first-order chi connectivity index (χ1) is 6.20. The molecule has 76 valence electrons. The quantitative estimate of drug-likeness (QED) is 0.677. The van der Waals surface area contributed by atoms with Crippen molar-refractivity contribution in [3.8, 4) is 0 Å². The Kier molecular flexibility index (Phi) is 3.69. The zero-order valence-corrected chi connectivity index (χ0v) is 8.19. The molecule has 0 radical (unpaired) electrons. The molecule has 0 aromatic carbocycles. The van der Waals surface area contributed by atoms with Gasteiger partial charge in [0.25, 0.3) is 0 Å². The molecule has 1 heterocycles. The van der Waals surface area contributed by atoms with Crippen LogP contribution in [-0.2, 0) is 9.53 Å². The normalized spacial score (nSPS) is 26.2. The Bertz CT molecular complexity index is 184. The molecular weight excluding hydrogens is 170 g/mol. The summed E-state index contributed by atoms with van der Waals surface area (Å²) in [6.45, 7) is 4.61. The highest BCUT2D eigenvalue weighted by Gasteiger charge is 2.30. The van der Waals surface area contributed by atoms with Gasteiger partial charge in [0.2, 0.25) is 5.91 Å². The molecule has 1 aliphatic heterocycles. The van der Waals surface area contributed by atoms with Gasteiger partial charge in [-0.3, -0.25) is 4.79 Å². The smallest absolute Gasteiger partial charge is 0.249 e. The summed E-state index contributed by atoms with van der Waals surface area (Å²) in [5.74, 6) is -0.0142. The van der Waals surface area contributed by atoms with Crippen molar-refractivity contribution < 1.29 is 14.6 Å². The molecule has 4 heteroatoms. The largest absolute Gasteiger partial charge is 0.394 e. The molecule has 0 bridgehead atoms. The lowest BCUT2D eigenvalue weighted by Gasteiger charge is -2.38. The van der Waals surface area contributed by atoms with Crippen LogP contribution in [0.25, 0.3) is 0 Å². The zero-order chi connectivity index (χ0) is 9.84. The fourth-order valence-electron chi connectivity index (χ4n) is 1.58. The predicted octanol–water partition coefficient (Wildman–Crippen LogP) is 0.00460. The van der Waals surface area contributed by atoms with Crippen LogP contribution in [0.1, 0.15) is 20.3 Å². The molecule has 0 aromatic rings. The highest BCUT2D eigenvalue weighted by Crippen LogP contribution is 2.13. The van der Waals surface area contributed by atoms with E-state index in [4.69, 9.17) is 9.84 Å². The van der Waals surface area contributed by atoms with Crippen LogP contribution >= 0.6 is 0 Å².